The van der Waals surface area contributed by atoms with Crippen molar-refractivity contribution in [3.05, 3.63) is 47.5 Å². The molecule has 0 aromatic heterocycles. The van der Waals surface area contributed by atoms with Crippen molar-refractivity contribution in [1.82, 2.24) is 0 Å². The van der Waals surface area contributed by atoms with Crippen LogP contribution in [-0.2, 0) is 36.7 Å². The highest BCUT2D eigenvalue weighted by Crippen LogP contribution is 2.39. The number of phenols is 1. The van der Waals surface area contributed by atoms with E-state index in [1.807, 2.05) is 0 Å². The zero-order valence-electron chi connectivity index (χ0n) is 21.1. The van der Waals surface area contributed by atoms with Gasteiger partial charge in [0.2, 0.25) is 5.75 Å². The quantitative estimate of drug-likeness (QED) is 0.318. The molecule has 3 rings (SSSR count). The smallest absolute Gasteiger partial charge is 0.335 e. The van der Waals surface area contributed by atoms with Gasteiger partial charge in [-0.15, -0.1) is 0 Å². The third-order valence-electron chi connectivity index (χ3n) is 6.16. The molecule has 12 nitrogen and oxygen atoms in total. The van der Waals surface area contributed by atoms with E-state index in [0.29, 0.717) is 28.4 Å². The second-order valence-electron chi connectivity index (χ2n) is 8.85. The van der Waals surface area contributed by atoms with Crippen LogP contribution in [0.1, 0.15) is 24.0 Å². The lowest BCUT2D eigenvalue weighted by Crippen LogP contribution is -2.58. The van der Waals surface area contributed by atoms with Gasteiger partial charge in [-0.05, 0) is 35.4 Å². The van der Waals surface area contributed by atoms with Gasteiger partial charge in [0.15, 0.2) is 17.1 Å². The number of hydrogen-bond acceptors (Lipinski definition) is 11. The van der Waals surface area contributed by atoms with E-state index in [2.05, 4.69) is 0 Å². The Labute approximate surface area is 218 Å². The second-order valence-corrected chi connectivity index (χ2v) is 8.85. The van der Waals surface area contributed by atoms with Crippen molar-refractivity contribution >= 4 is 17.9 Å². The van der Waals surface area contributed by atoms with Gasteiger partial charge in [0, 0.05) is 12.8 Å². The summed E-state index contributed by atoms with van der Waals surface area (Å²) in [5.41, 5.74) is -1.50. The lowest BCUT2D eigenvalue weighted by atomic mass is 9.79. The molecule has 4 N–H and O–H groups in total. The summed E-state index contributed by atoms with van der Waals surface area (Å²) < 4.78 is 26.4. The number of aliphatic hydroxyl groups is 2. The molecule has 1 saturated carbocycles. The van der Waals surface area contributed by atoms with Gasteiger partial charge in [-0.2, -0.15) is 0 Å². The van der Waals surface area contributed by atoms with Gasteiger partial charge in [-0.3, -0.25) is 9.59 Å². The van der Waals surface area contributed by atoms with Crippen molar-refractivity contribution in [1.29, 1.82) is 0 Å². The van der Waals surface area contributed by atoms with Crippen LogP contribution in [0.4, 0.5) is 0 Å². The van der Waals surface area contributed by atoms with Gasteiger partial charge in [-0.25, -0.2) is 4.79 Å². The number of aromatic hydroxyl groups is 1. The summed E-state index contributed by atoms with van der Waals surface area (Å²) in [6, 6.07) is 8.81. The van der Waals surface area contributed by atoms with Crippen molar-refractivity contribution < 1.29 is 58.5 Å². The van der Waals surface area contributed by atoms with E-state index in [1.54, 1.807) is 0 Å². The number of hydrogen-bond donors (Lipinski definition) is 4. The van der Waals surface area contributed by atoms with E-state index in [0.717, 1.165) is 0 Å². The molecule has 0 spiro atoms. The summed E-state index contributed by atoms with van der Waals surface area (Å²) in [6.45, 7) is 0. The Hall–Kier alpha value is -4.03. The number of aliphatic hydroxyl groups excluding tert-OH is 1. The largest absolute Gasteiger partial charge is 0.508 e. The Morgan fingerprint density at radius 1 is 0.842 bits per heavy atom. The molecule has 38 heavy (non-hydrogen) atoms. The average Bonchev–Trinajstić information content (AvgIpc) is 2.87. The first-order valence-electron chi connectivity index (χ1n) is 11.6. The molecule has 0 amide bonds. The molecule has 2 aromatic rings. The number of benzene rings is 2. The van der Waals surface area contributed by atoms with Gasteiger partial charge in [0.1, 0.15) is 24.1 Å². The van der Waals surface area contributed by atoms with Crippen LogP contribution in [0.2, 0.25) is 0 Å². The highest BCUT2D eigenvalue weighted by Gasteiger charge is 2.52. The molecular formula is C26H30O12. The zero-order valence-corrected chi connectivity index (χ0v) is 21.1. The number of carboxylic acid groups (broad SMARTS) is 1. The zero-order chi connectivity index (χ0) is 28.0. The molecule has 0 unspecified atom stereocenters. The lowest BCUT2D eigenvalue weighted by Gasteiger charge is -2.40. The van der Waals surface area contributed by atoms with Crippen LogP contribution in [-0.4, -0.2) is 83.6 Å². The van der Waals surface area contributed by atoms with E-state index in [-0.39, 0.29) is 18.6 Å². The average molecular weight is 535 g/mol. The maximum absolute atomic E-state index is 12.8. The molecule has 1 aliphatic rings. The summed E-state index contributed by atoms with van der Waals surface area (Å²) in [7, 11) is 4.25. The van der Waals surface area contributed by atoms with Crippen LogP contribution in [0, 0.1) is 0 Å². The molecular weight excluding hydrogens is 504 g/mol. The fraction of sp³-hybridized carbons (Fsp3) is 0.423. The minimum absolute atomic E-state index is 0.00697. The summed E-state index contributed by atoms with van der Waals surface area (Å²) in [5.74, 6) is -2.34. The maximum Gasteiger partial charge on any atom is 0.335 e. The standard InChI is InChI=1S/C26H30O12/c1-34-17-8-15(9-18(35-2)24(17)36-3)11-22(29)38-20-13-26(33,25(31)32)12-19(23(20)30)37-21(28)10-14-4-6-16(27)7-5-14/h4-9,19-20,23,27,30,33H,10-13H2,1-3H3,(H,31,32)/t19-,20-,23+,26-/m0/s1. The van der Waals surface area contributed by atoms with E-state index in [9.17, 15) is 34.8 Å². The summed E-state index contributed by atoms with van der Waals surface area (Å²) in [4.78, 5) is 37.0. The van der Waals surface area contributed by atoms with Crippen LogP contribution >= 0.6 is 0 Å². The highest BCUT2D eigenvalue weighted by atomic mass is 16.6. The molecule has 12 heteroatoms. The van der Waals surface area contributed by atoms with Crippen molar-refractivity contribution in [2.24, 2.45) is 0 Å². The lowest BCUT2D eigenvalue weighted by molar-refractivity contribution is -0.206. The summed E-state index contributed by atoms with van der Waals surface area (Å²) in [5, 5.41) is 40.4. The second kappa shape index (κ2) is 12.0. The van der Waals surface area contributed by atoms with E-state index >= 15 is 0 Å². The van der Waals surface area contributed by atoms with Gasteiger partial charge < -0.3 is 44.1 Å². The normalized spacial score (nSPS) is 22.7. The summed E-state index contributed by atoms with van der Waals surface area (Å²) in [6.07, 6.45) is -6.30. The van der Waals surface area contributed by atoms with E-state index in [1.165, 1.54) is 57.7 Å². The third-order valence-corrected chi connectivity index (χ3v) is 6.16. The van der Waals surface area contributed by atoms with Crippen LogP contribution in [0.5, 0.6) is 23.0 Å². The minimum atomic E-state index is -2.42. The van der Waals surface area contributed by atoms with Crippen LogP contribution < -0.4 is 14.2 Å². The molecule has 2 aromatic carbocycles. The molecule has 1 fully saturated rings. The van der Waals surface area contributed by atoms with Gasteiger partial charge in [-0.1, -0.05) is 12.1 Å². The predicted molar refractivity (Wildman–Crippen MR) is 129 cm³/mol. The number of rotatable bonds is 10. The number of phenolic OH excluding ortho intramolecular Hbond substituents is 1. The minimum Gasteiger partial charge on any atom is -0.508 e. The highest BCUT2D eigenvalue weighted by molar-refractivity contribution is 5.78. The van der Waals surface area contributed by atoms with Crippen LogP contribution in [0.3, 0.4) is 0 Å². The summed E-state index contributed by atoms with van der Waals surface area (Å²) >= 11 is 0. The first-order valence-corrected chi connectivity index (χ1v) is 11.6. The SMILES string of the molecule is COc1cc(CC(=O)O[C@H]2C[C@](O)(C(=O)O)C[C@H](OC(=O)Cc3ccc(O)cc3)[C@H]2O)cc(OC)c1OC. The molecule has 206 valence electrons. The molecule has 0 saturated heterocycles. The predicted octanol–water partition coefficient (Wildman–Crippen LogP) is 0.997. The Bertz CT molecular complexity index is 1140. The Morgan fingerprint density at radius 3 is 1.74 bits per heavy atom. The van der Waals surface area contributed by atoms with Crippen molar-refractivity contribution in [2.75, 3.05) is 21.3 Å². The van der Waals surface area contributed by atoms with E-state index < -0.39 is 54.7 Å². The van der Waals surface area contributed by atoms with Gasteiger partial charge in [0.25, 0.3) is 0 Å². The number of aliphatic carboxylic acids is 1. The number of ether oxygens (including phenoxy) is 5. The monoisotopic (exact) mass is 534 g/mol. The number of carbonyl (C=O) groups is 3. The molecule has 4 atom stereocenters. The maximum atomic E-state index is 12.8. The molecule has 1 aliphatic carbocycles. The molecule has 0 bridgehead atoms. The topological polar surface area (TPSA) is 178 Å². The Morgan fingerprint density at radius 2 is 1.32 bits per heavy atom. The number of carbonyl (C=O) groups excluding carboxylic acids is 2. The van der Waals surface area contributed by atoms with Gasteiger partial charge >= 0.3 is 17.9 Å². The first kappa shape index (κ1) is 28.5. The number of esters is 2. The Kier molecular flexibility index (Phi) is 9.02. The number of carboxylic acids is 1. The molecule has 0 radical (unpaired) electrons. The van der Waals surface area contributed by atoms with Crippen LogP contribution in [0.25, 0.3) is 0 Å². The van der Waals surface area contributed by atoms with Gasteiger partial charge in [0.05, 0.1) is 34.2 Å². The van der Waals surface area contributed by atoms with Crippen molar-refractivity contribution in [3.63, 3.8) is 0 Å². The Balaban J connectivity index is 1.74. The van der Waals surface area contributed by atoms with Crippen molar-refractivity contribution in [3.8, 4) is 23.0 Å². The van der Waals surface area contributed by atoms with E-state index in [4.69, 9.17) is 23.7 Å². The molecule has 0 aliphatic heterocycles. The van der Waals surface area contributed by atoms with Crippen molar-refractivity contribution in [2.45, 2.75) is 49.6 Å². The molecule has 0 heterocycles. The first-order chi connectivity index (χ1) is 18.0. The fourth-order valence-corrected chi connectivity index (χ4v) is 4.23. The van der Waals surface area contributed by atoms with Crippen LogP contribution in [0.15, 0.2) is 36.4 Å². The number of methoxy groups -OCH3 is 3. The third kappa shape index (κ3) is 6.64. The fourth-order valence-electron chi connectivity index (χ4n) is 4.23.